The van der Waals surface area contributed by atoms with Gasteiger partial charge in [-0.3, -0.25) is 14.4 Å². The van der Waals surface area contributed by atoms with Crippen LogP contribution >= 0.6 is 23.2 Å². The lowest BCUT2D eigenvalue weighted by atomic mass is 10.1. The number of allylic oxidation sites excluding steroid dienone is 1. The molecule has 0 saturated heterocycles. The van der Waals surface area contributed by atoms with Crippen LogP contribution in [-0.2, 0) is 9.59 Å². The minimum Gasteiger partial charge on any atom is -0.289 e. The van der Waals surface area contributed by atoms with E-state index in [1.165, 1.54) is 18.2 Å². The van der Waals surface area contributed by atoms with Crippen LogP contribution in [0.2, 0.25) is 10.0 Å². The summed E-state index contributed by atoms with van der Waals surface area (Å²) in [4.78, 5) is 36.6. The summed E-state index contributed by atoms with van der Waals surface area (Å²) in [5, 5.41) is 0.899. The highest BCUT2D eigenvalue weighted by atomic mass is 35.5. The van der Waals surface area contributed by atoms with Crippen LogP contribution in [0.25, 0.3) is 6.08 Å². The molecule has 0 bridgehead atoms. The van der Waals surface area contributed by atoms with E-state index in [1.807, 2.05) is 0 Å². The zero-order chi connectivity index (χ0) is 18.0. The molecule has 0 aliphatic carbocycles. The summed E-state index contributed by atoms with van der Waals surface area (Å²) in [6.45, 7) is 0. The maximum Gasteiger partial charge on any atom is 0.258 e. The van der Waals surface area contributed by atoms with E-state index in [-0.39, 0.29) is 5.78 Å². The molecule has 0 fully saturated rings. The maximum absolute atomic E-state index is 12.3. The topological polar surface area (TPSA) is 54.5 Å². The fourth-order valence-corrected chi connectivity index (χ4v) is 2.88. The summed E-state index contributed by atoms with van der Waals surface area (Å²) in [5.41, 5.74) is 1.39. The van der Waals surface area contributed by atoms with Crippen LogP contribution in [0.1, 0.15) is 15.9 Å². The van der Waals surface area contributed by atoms with Gasteiger partial charge in [0.25, 0.3) is 11.8 Å². The minimum absolute atomic E-state index is 0.250. The van der Waals surface area contributed by atoms with Crippen molar-refractivity contribution < 1.29 is 14.4 Å². The van der Waals surface area contributed by atoms with E-state index in [0.717, 1.165) is 4.90 Å². The Kier molecular flexibility index (Phi) is 4.83. The molecule has 1 heterocycles. The second kappa shape index (κ2) is 7.05. The second-order valence-corrected chi connectivity index (χ2v) is 6.04. The van der Waals surface area contributed by atoms with Gasteiger partial charge in [-0.15, -0.1) is 0 Å². The molecule has 6 heteroatoms. The standard InChI is InChI=1S/C19H11Cl2NO3/c20-15-2-1-3-16(21)14(15)8-9-17(23)12-4-6-13(7-5-12)22-18(24)10-11-19(22)25/h1-11H. The van der Waals surface area contributed by atoms with E-state index in [4.69, 9.17) is 23.2 Å². The number of carbonyl (C=O) groups excluding carboxylic acids is 3. The minimum atomic E-state index is -0.405. The molecule has 1 aliphatic heterocycles. The summed E-state index contributed by atoms with van der Waals surface area (Å²) >= 11 is 12.1. The molecule has 0 N–H and O–H groups in total. The van der Waals surface area contributed by atoms with Gasteiger partial charge in [-0.2, -0.15) is 0 Å². The van der Waals surface area contributed by atoms with E-state index in [2.05, 4.69) is 0 Å². The Morgan fingerprint density at radius 3 is 2.00 bits per heavy atom. The highest BCUT2D eigenvalue weighted by Gasteiger charge is 2.24. The normalized spacial score (nSPS) is 13.9. The van der Waals surface area contributed by atoms with E-state index in [1.54, 1.807) is 48.5 Å². The van der Waals surface area contributed by atoms with Crippen LogP contribution in [0.4, 0.5) is 5.69 Å². The van der Waals surface area contributed by atoms with Gasteiger partial charge in [0.2, 0.25) is 0 Å². The molecular formula is C19H11Cl2NO3. The van der Waals surface area contributed by atoms with Gasteiger partial charge in [0, 0.05) is 33.3 Å². The van der Waals surface area contributed by atoms with Gasteiger partial charge in [0.1, 0.15) is 0 Å². The van der Waals surface area contributed by atoms with Crippen molar-refractivity contribution in [2.24, 2.45) is 0 Å². The zero-order valence-corrected chi connectivity index (χ0v) is 14.3. The number of imide groups is 1. The van der Waals surface area contributed by atoms with Crippen molar-refractivity contribution in [1.29, 1.82) is 0 Å². The average Bonchev–Trinajstić information content (AvgIpc) is 2.93. The SMILES string of the molecule is O=C(C=Cc1c(Cl)cccc1Cl)c1ccc(N2C(=O)C=CC2=O)cc1. The average molecular weight is 372 g/mol. The lowest BCUT2D eigenvalue weighted by Gasteiger charge is -2.13. The predicted molar refractivity (Wildman–Crippen MR) is 97.9 cm³/mol. The van der Waals surface area contributed by atoms with E-state index in [0.29, 0.717) is 26.9 Å². The fourth-order valence-electron chi connectivity index (χ4n) is 2.35. The Labute approximate surface area is 154 Å². The highest BCUT2D eigenvalue weighted by Crippen LogP contribution is 2.26. The summed E-state index contributed by atoms with van der Waals surface area (Å²) in [6.07, 6.45) is 5.34. The first-order valence-corrected chi connectivity index (χ1v) is 8.05. The first-order valence-electron chi connectivity index (χ1n) is 7.30. The van der Waals surface area contributed by atoms with Crippen LogP contribution < -0.4 is 4.90 Å². The quantitative estimate of drug-likeness (QED) is 0.456. The van der Waals surface area contributed by atoms with Crippen LogP contribution in [0.15, 0.2) is 60.7 Å². The molecule has 2 aromatic carbocycles. The van der Waals surface area contributed by atoms with Crippen molar-refractivity contribution >= 4 is 52.6 Å². The number of hydrogen-bond donors (Lipinski definition) is 0. The first-order chi connectivity index (χ1) is 12.0. The Morgan fingerprint density at radius 2 is 1.44 bits per heavy atom. The summed E-state index contributed by atoms with van der Waals surface area (Å²) < 4.78 is 0. The third kappa shape index (κ3) is 3.55. The molecule has 2 aromatic rings. The lowest BCUT2D eigenvalue weighted by Crippen LogP contribution is -2.29. The number of carbonyl (C=O) groups is 3. The summed E-state index contributed by atoms with van der Waals surface area (Å²) in [7, 11) is 0. The van der Waals surface area contributed by atoms with E-state index < -0.39 is 11.8 Å². The molecule has 0 aromatic heterocycles. The molecular weight excluding hydrogens is 361 g/mol. The Hall–Kier alpha value is -2.69. The number of hydrogen-bond acceptors (Lipinski definition) is 3. The van der Waals surface area contributed by atoms with Crippen molar-refractivity contribution in [3.05, 3.63) is 81.9 Å². The number of benzene rings is 2. The third-order valence-corrected chi connectivity index (χ3v) is 4.28. The van der Waals surface area contributed by atoms with Gasteiger partial charge in [0.15, 0.2) is 5.78 Å². The number of anilines is 1. The van der Waals surface area contributed by atoms with Crippen LogP contribution in [-0.4, -0.2) is 17.6 Å². The van der Waals surface area contributed by atoms with Gasteiger partial charge >= 0.3 is 0 Å². The van der Waals surface area contributed by atoms with Gasteiger partial charge in [-0.05, 0) is 48.6 Å². The smallest absolute Gasteiger partial charge is 0.258 e. The van der Waals surface area contributed by atoms with Crippen molar-refractivity contribution in [1.82, 2.24) is 0 Å². The molecule has 1 aliphatic rings. The Morgan fingerprint density at radius 1 is 0.880 bits per heavy atom. The molecule has 2 amide bonds. The third-order valence-electron chi connectivity index (χ3n) is 3.62. The van der Waals surface area contributed by atoms with E-state index in [9.17, 15) is 14.4 Å². The lowest BCUT2D eigenvalue weighted by molar-refractivity contribution is -0.119. The van der Waals surface area contributed by atoms with E-state index >= 15 is 0 Å². The Balaban J connectivity index is 1.78. The van der Waals surface area contributed by atoms with Gasteiger partial charge in [-0.1, -0.05) is 29.3 Å². The van der Waals surface area contributed by atoms with Gasteiger partial charge in [0.05, 0.1) is 5.69 Å². The molecule has 0 unspecified atom stereocenters. The molecule has 3 rings (SSSR count). The molecule has 0 atom stereocenters. The van der Waals surface area contributed by atoms with Crippen molar-refractivity contribution in [2.45, 2.75) is 0 Å². The molecule has 25 heavy (non-hydrogen) atoms. The second-order valence-electron chi connectivity index (χ2n) is 5.23. The fraction of sp³-hybridized carbons (Fsp3) is 0. The highest BCUT2D eigenvalue weighted by molar-refractivity contribution is 6.37. The predicted octanol–water partition coefficient (Wildman–Crippen LogP) is 4.32. The van der Waals surface area contributed by atoms with Gasteiger partial charge in [-0.25, -0.2) is 4.90 Å². The summed E-state index contributed by atoms with van der Waals surface area (Å²) in [6, 6.07) is 11.3. The van der Waals surface area contributed by atoms with Crippen LogP contribution in [0, 0.1) is 0 Å². The van der Waals surface area contributed by atoms with Crippen molar-refractivity contribution in [2.75, 3.05) is 4.90 Å². The number of ketones is 1. The zero-order valence-electron chi connectivity index (χ0n) is 12.8. The monoisotopic (exact) mass is 371 g/mol. The first kappa shape index (κ1) is 17.1. The number of amides is 2. The number of rotatable bonds is 4. The molecule has 124 valence electrons. The van der Waals surface area contributed by atoms with Gasteiger partial charge < -0.3 is 0 Å². The molecule has 0 radical (unpaired) electrons. The van der Waals surface area contributed by atoms with Crippen molar-refractivity contribution in [3.8, 4) is 0 Å². The summed E-state index contributed by atoms with van der Waals surface area (Å²) in [5.74, 6) is -1.06. The maximum atomic E-state index is 12.3. The molecule has 0 saturated carbocycles. The number of halogens is 2. The van der Waals surface area contributed by atoms with Crippen molar-refractivity contribution in [3.63, 3.8) is 0 Å². The van der Waals surface area contributed by atoms with Crippen LogP contribution in [0.3, 0.4) is 0 Å². The molecule has 0 spiro atoms. The van der Waals surface area contributed by atoms with Crippen LogP contribution in [0.5, 0.6) is 0 Å². The Bertz CT molecular complexity index is 892. The molecule has 4 nitrogen and oxygen atoms in total. The largest absolute Gasteiger partial charge is 0.289 e. The number of nitrogens with zero attached hydrogens (tertiary/aromatic N) is 1.